The lowest BCUT2D eigenvalue weighted by molar-refractivity contribution is 0.684. The lowest BCUT2D eigenvalue weighted by atomic mass is 9.62. The highest BCUT2D eigenvalue weighted by atomic mass is 15.2. The zero-order valence-electron chi connectivity index (χ0n) is 30.9. The van der Waals surface area contributed by atoms with E-state index in [9.17, 15) is 0 Å². The Balaban J connectivity index is 1.33. The van der Waals surface area contributed by atoms with E-state index >= 15 is 0 Å². The monoisotopic (exact) mass is 708 g/mol. The van der Waals surface area contributed by atoms with Crippen molar-refractivity contribution in [1.29, 1.82) is 0 Å². The van der Waals surface area contributed by atoms with E-state index in [1.54, 1.807) is 0 Å². The molecule has 1 aliphatic rings. The number of para-hydroxylation sites is 4. The zero-order chi connectivity index (χ0) is 36.9. The molecule has 2 aromatic heterocycles. The van der Waals surface area contributed by atoms with E-state index in [4.69, 9.17) is 4.98 Å². The predicted molar refractivity (Wildman–Crippen MR) is 229 cm³/mol. The Labute approximate surface area is 322 Å². The van der Waals surface area contributed by atoms with Crippen LogP contribution < -0.4 is 9.80 Å². The van der Waals surface area contributed by atoms with Gasteiger partial charge in [-0.25, -0.2) is 4.98 Å². The summed E-state index contributed by atoms with van der Waals surface area (Å²) < 4.78 is 2.44. The molecular weight excluding hydrogens is 669 g/mol. The highest BCUT2D eigenvalue weighted by Crippen LogP contribution is 2.57. The molecule has 7 aromatic carbocycles. The Hall–Kier alpha value is -6.91. The van der Waals surface area contributed by atoms with Gasteiger partial charge in [0.2, 0.25) is 0 Å². The largest absolute Gasteiger partial charge is 0.337 e. The number of hydrogen-bond donors (Lipinski definition) is 0. The fraction of sp³-hybridized carbons (Fsp3) is 0.0784. The summed E-state index contributed by atoms with van der Waals surface area (Å²) >= 11 is 0. The Morgan fingerprint density at radius 1 is 0.491 bits per heavy atom. The second-order valence-corrected chi connectivity index (χ2v) is 14.6. The van der Waals surface area contributed by atoms with E-state index in [-0.39, 0.29) is 6.04 Å². The van der Waals surface area contributed by atoms with Gasteiger partial charge in [0.25, 0.3) is 0 Å². The van der Waals surface area contributed by atoms with Gasteiger partial charge in [-0.2, -0.15) is 0 Å². The summed E-state index contributed by atoms with van der Waals surface area (Å²) in [5, 5.41) is 2.50. The number of hydrogen-bond acceptors (Lipinski definition) is 3. The van der Waals surface area contributed by atoms with Gasteiger partial charge < -0.3 is 9.47 Å². The first kappa shape index (κ1) is 32.7. The fourth-order valence-corrected chi connectivity index (χ4v) is 8.99. The highest BCUT2D eigenvalue weighted by molar-refractivity contribution is 6.09. The molecule has 4 nitrogen and oxygen atoms in total. The van der Waals surface area contributed by atoms with E-state index in [0.29, 0.717) is 0 Å². The number of nitrogens with zero attached hydrogens (tertiary/aromatic N) is 4. The van der Waals surface area contributed by atoms with E-state index in [2.05, 4.69) is 229 Å². The molecule has 0 spiro atoms. The minimum absolute atomic E-state index is 0.160. The van der Waals surface area contributed by atoms with Crippen LogP contribution in [0.2, 0.25) is 0 Å². The standard InChI is InChI=1S/C51H40N4/c1-36(2)53-48-32-31-41(55-46-29-17-15-27-42(46)43-28-16-18-30-47(43)55)33-44(48)51(37-19-7-3-8-20-37,38-21-9-4-10-22-38)45-34-50(52-35-49(45)53)54(39-23-11-5-12-24-39)40-25-13-6-14-26-40/h3-36H,1-2H3. The van der Waals surface area contributed by atoms with Crippen molar-refractivity contribution in [2.45, 2.75) is 25.3 Å². The van der Waals surface area contributed by atoms with Crippen LogP contribution in [0.3, 0.4) is 0 Å². The number of aromatic nitrogens is 2. The van der Waals surface area contributed by atoms with Gasteiger partial charge in [-0.1, -0.05) is 133 Å². The summed E-state index contributed by atoms with van der Waals surface area (Å²) in [5.41, 5.74) is 12.0. The van der Waals surface area contributed by atoms with Crippen molar-refractivity contribution in [3.05, 3.63) is 223 Å². The average molecular weight is 709 g/mol. The smallest absolute Gasteiger partial charge is 0.137 e. The van der Waals surface area contributed by atoms with Crippen molar-refractivity contribution in [3.63, 3.8) is 0 Å². The first-order valence-corrected chi connectivity index (χ1v) is 19.1. The molecule has 0 N–H and O–H groups in total. The molecule has 0 unspecified atom stereocenters. The number of pyridine rings is 1. The van der Waals surface area contributed by atoms with Gasteiger partial charge in [-0.05, 0) is 91.2 Å². The fourth-order valence-electron chi connectivity index (χ4n) is 8.99. The molecule has 0 fully saturated rings. The van der Waals surface area contributed by atoms with Gasteiger partial charge in [0.05, 0.1) is 28.3 Å². The molecular formula is C51H40N4. The highest BCUT2D eigenvalue weighted by Gasteiger charge is 2.47. The van der Waals surface area contributed by atoms with Crippen LogP contribution in [0.15, 0.2) is 200 Å². The van der Waals surface area contributed by atoms with Crippen molar-refractivity contribution in [2.24, 2.45) is 0 Å². The summed E-state index contributed by atoms with van der Waals surface area (Å²) in [7, 11) is 0. The average Bonchev–Trinajstić information content (AvgIpc) is 3.58. The van der Waals surface area contributed by atoms with Gasteiger partial charge in [-0.3, -0.25) is 4.90 Å². The first-order chi connectivity index (χ1) is 27.1. The molecule has 0 saturated heterocycles. The van der Waals surface area contributed by atoms with E-state index in [1.165, 1.54) is 49.7 Å². The lowest BCUT2D eigenvalue weighted by Crippen LogP contribution is -2.41. The summed E-state index contributed by atoms with van der Waals surface area (Å²) in [5.74, 6) is 0.859. The second-order valence-electron chi connectivity index (χ2n) is 14.6. The Bertz CT molecular complexity index is 2660. The predicted octanol–water partition coefficient (Wildman–Crippen LogP) is 12.9. The van der Waals surface area contributed by atoms with Crippen molar-refractivity contribution in [1.82, 2.24) is 9.55 Å². The molecule has 0 saturated carbocycles. The van der Waals surface area contributed by atoms with Gasteiger partial charge in [0.1, 0.15) is 5.82 Å². The molecule has 0 bridgehead atoms. The zero-order valence-corrected chi connectivity index (χ0v) is 30.9. The molecule has 4 heteroatoms. The van der Waals surface area contributed by atoms with Gasteiger partial charge in [0.15, 0.2) is 0 Å². The summed E-state index contributed by atoms with van der Waals surface area (Å²) in [6.45, 7) is 4.56. The van der Waals surface area contributed by atoms with Crippen LogP contribution in [0.4, 0.5) is 28.6 Å². The van der Waals surface area contributed by atoms with E-state index in [1.807, 2.05) is 0 Å². The molecule has 1 aliphatic heterocycles. The molecule has 9 aromatic rings. The van der Waals surface area contributed by atoms with Crippen LogP contribution in [-0.4, -0.2) is 15.6 Å². The van der Waals surface area contributed by atoms with Gasteiger partial charge in [-0.15, -0.1) is 0 Å². The van der Waals surface area contributed by atoms with Crippen LogP contribution in [0, 0.1) is 0 Å². The topological polar surface area (TPSA) is 24.3 Å². The molecule has 55 heavy (non-hydrogen) atoms. The van der Waals surface area contributed by atoms with Crippen LogP contribution in [-0.2, 0) is 5.41 Å². The van der Waals surface area contributed by atoms with Gasteiger partial charge >= 0.3 is 0 Å². The summed E-state index contributed by atoms with van der Waals surface area (Å²) in [6.07, 6.45) is 2.11. The lowest BCUT2D eigenvalue weighted by Gasteiger charge is -2.48. The third kappa shape index (κ3) is 5.09. The summed E-state index contributed by atoms with van der Waals surface area (Å²) in [6, 6.07) is 70.4. The maximum absolute atomic E-state index is 5.31. The number of benzene rings is 7. The van der Waals surface area contributed by atoms with Crippen LogP contribution in [0.1, 0.15) is 36.1 Å². The first-order valence-electron chi connectivity index (χ1n) is 19.1. The van der Waals surface area contributed by atoms with Crippen molar-refractivity contribution >= 4 is 50.4 Å². The third-order valence-electron chi connectivity index (χ3n) is 11.2. The van der Waals surface area contributed by atoms with Crippen molar-refractivity contribution in [2.75, 3.05) is 9.80 Å². The minimum atomic E-state index is -0.690. The summed E-state index contributed by atoms with van der Waals surface area (Å²) in [4.78, 5) is 10.1. The molecule has 0 amide bonds. The molecule has 3 heterocycles. The van der Waals surface area contributed by atoms with Crippen molar-refractivity contribution in [3.8, 4) is 5.69 Å². The quantitative estimate of drug-likeness (QED) is 0.165. The molecule has 264 valence electrons. The van der Waals surface area contributed by atoms with Gasteiger partial charge in [0, 0.05) is 45.1 Å². The molecule has 0 atom stereocenters. The number of fused-ring (bicyclic) bond motifs is 5. The normalized spacial score (nSPS) is 13.2. The Morgan fingerprint density at radius 2 is 0.964 bits per heavy atom. The second kappa shape index (κ2) is 13.2. The maximum Gasteiger partial charge on any atom is 0.137 e. The van der Waals surface area contributed by atoms with Crippen LogP contribution in [0.25, 0.3) is 27.5 Å². The van der Waals surface area contributed by atoms with Crippen molar-refractivity contribution < 1.29 is 0 Å². The minimum Gasteiger partial charge on any atom is -0.337 e. The van der Waals surface area contributed by atoms with Crippen LogP contribution >= 0.6 is 0 Å². The molecule has 0 aliphatic carbocycles. The molecule has 0 radical (unpaired) electrons. The third-order valence-corrected chi connectivity index (χ3v) is 11.2. The Morgan fingerprint density at radius 3 is 1.49 bits per heavy atom. The van der Waals surface area contributed by atoms with E-state index in [0.717, 1.165) is 28.6 Å². The van der Waals surface area contributed by atoms with E-state index < -0.39 is 5.41 Å². The SMILES string of the molecule is CC(C)N1c2ccc(-n3c4ccccc4c4ccccc43)cc2C(c2ccccc2)(c2ccccc2)c2cc(N(c3ccccc3)c3ccccc3)ncc21. The van der Waals surface area contributed by atoms with Crippen LogP contribution in [0.5, 0.6) is 0 Å². The maximum atomic E-state index is 5.31. The number of anilines is 5. The number of rotatable bonds is 7. The Kier molecular flexibility index (Phi) is 7.85. The molecule has 10 rings (SSSR count).